The van der Waals surface area contributed by atoms with Crippen molar-refractivity contribution in [3.8, 4) is 0 Å². The van der Waals surface area contributed by atoms with Gasteiger partial charge < -0.3 is 4.74 Å². The van der Waals surface area contributed by atoms with Crippen molar-refractivity contribution in [2.75, 3.05) is 26.3 Å². The molecule has 1 fully saturated rings. The first kappa shape index (κ1) is 15.4. The zero-order valence-electron chi connectivity index (χ0n) is 11.5. The van der Waals surface area contributed by atoms with E-state index in [4.69, 9.17) is 4.74 Å². The Morgan fingerprint density at radius 2 is 2.35 bits per heavy atom. The molecule has 5 nitrogen and oxygen atoms in total. The van der Waals surface area contributed by atoms with Crippen LogP contribution in [0.4, 0.5) is 5.69 Å². The standard InChI is InChI=1S/C14H19BrN2O3/c1-2-20-10-12-5-6-16(9-12)8-11-3-4-13(15)14(7-11)17(18)19/h3-4,7,12H,2,5-6,8-10H2,1H3/t12-/m1/s1. The fraction of sp³-hybridized carbons (Fsp3) is 0.571. The average molecular weight is 343 g/mol. The Morgan fingerprint density at radius 1 is 1.55 bits per heavy atom. The Labute approximate surface area is 127 Å². The van der Waals surface area contributed by atoms with Crippen LogP contribution < -0.4 is 0 Å². The van der Waals surface area contributed by atoms with Crippen LogP contribution in [0.3, 0.4) is 0 Å². The van der Waals surface area contributed by atoms with Crippen LogP contribution in [0.15, 0.2) is 22.7 Å². The van der Waals surface area contributed by atoms with E-state index in [1.165, 1.54) is 0 Å². The van der Waals surface area contributed by atoms with Crippen LogP contribution in [0.5, 0.6) is 0 Å². The summed E-state index contributed by atoms with van der Waals surface area (Å²) in [7, 11) is 0. The number of benzene rings is 1. The lowest BCUT2D eigenvalue weighted by Crippen LogP contribution is -2.21. The number of ether oxygens (including phenoxy) is 1. The summed E-state index contributed by atoms with van der Waals surface area (Å²) in [4.78, 5) is 12.9. The van der Waals surface area contributed by atoms with Gasteiger partial charge in [-0.2, -0.15) is 0 Å². The van der Waals surface area contributed by atoms with Crippen molar-refractivity contribution in [1.82, 2.24) is 4.90 Å². The molecule has 1 aliphatic rings. The molecule has 0 amide bonds. The number of halogens is 1. The molecule has 6 heteroatoms. The highest BCUT2D eigenvalue weighted by Crippen LogP contribution is 2.27. The molecule has 20 heavy (non-hydrogen) atoms. The lowest BCUT2D eigenvalue weighted by molar-refractivity contribution is -0.385. The van der Waals surface area contributed by atoms with Crippen LogP contribution in [-0.2, 0) is 11.3 Å². The van der Waals surface area contributed by atoms with Gasteiger partial charge in [-0.25, -0.2) is 0 Å². The molecule has 1 heterocycles. The van der Waals surface area contributed by atoms with Crippen LogP contribution in [0.2, 0.25) is 0 Å². The van der Waals surface area contributed by atoms with Crippen LogP contribution >= 0.6 is 15.9 Å². The van der Waals surface area contributed by atoms with Gasteiger partial charge in [0.1, 0.15) is 0 Å². The lowest BCUT2D eigenvalue weighted by Gasteiger charge is -2.16. The maximum absolute atomic E-state index is 10.9. The van der Waals surface area contributed by atoms with Gasteiger partial charge in [0.05, 0.1) is 16.0 Å². The van der Waals surface area contributed by atoms with E-state index in [2.05, 4.69) is 20.8 Å². The second-order valence-corrected chi connectivity index (χ2v) is 5.95. The van der Waals surface area contributed by atoms with Crippen molar-refractivity contribution in [2.24, 2.45) is 5.92 Å². The van der Waals surface area contributed by atoms with E-state index >= 15 is 0 Å². The molecule has 0 unspecified atom stereocenters. The second-order valence-electron chi connectivity index (χ2n) is 5.09. The van der Waals surface area contributed by atoms with Crippen LogP contribution in [0, 0.1) is 16.0 Å². The van der Waals surface area contributed by atoms with Gasteiger partial charge in [0.2, 0.25) is 0 Å². The molecule has 0 aromatic heterocycles. The quantitative estimate of drug-likeness (QED) is 0.588. The number of hydrogen-bond donors (Lipinski definition) is 0. The summed E-state index contributed by atoms with van der Waals surface area (Å²) in [6.45, 7) is 6.37. The molecule has 1 aromatic carbocycles. The molecule has 0 N–H and O–H groups in total. The number of rotatable bonds is 6. The normalized spacial score (nSPS) is 19.4. The highest BCUT2D eigenvalue weighted by atomic mass is 79.9. The first-order chi connectivity index (χ1) is 9.60. The first-order valence-corrected chi connectivity index (χ1v) is 7.62. The SMILES string of the molecule is CCOC[C@@H]1CCN(Cc2ccc(Br)c([N+](=O)[O-])c2)C1. The fourth-order valence-electron chi connectivity index (χ4n) is 2.53. The summed E-state index contributed by atoms with van der Waals surface area (Å²) in [5.74, 6) is 0.584. The number of hydrogen-bond acceptors (Lipinski definition) is 4. The van der Waals surface area contributed by atoms with Crippen molar-refractivity contribution in [1.29, 1.82) is 0 Å². The Bertz CT molecular complexity index is 481. The molecule has 0 spiro atoms. The van der Waals surface area contributed by atoms with Gasteiger partial charge in [0, 0.05) is 25.8 Å². The summed E-state index contributed by atoms with van der Waals surface area (Å²) in [6.07, 6.45) is 1.14. The van der Waals surface area contributed by atoms with E-state index in [0.29, 0.717) is 10.4 Å². The maximum Gasteiger partial charge on any atom is 0.283 e. The van der Waals surface area contributed by atoms with Crippen molar-refractivity contribution >= 4 is 21.6 Å². The van der Waals surface area contributed by atoms with Crippen molar-refractivity contribution in [3.05, 3.63) is 38.3 Å². The molecule has 0 aliphatic carbocycles. The van der Waals surface area contributed by atoms with E-state index in [-0.39, 0.29) is 10.6 Å². The van der Waals surface area contributed by atoms with Gasteiger partial charge in [0.15, 0.2) is 0 Å². The molecule has 0 bridgehead atoms. The summed E-state index contributed by atoms with van der Waals surface area (Å²) in [5, 5.41) is 10.9. The Morgan fingerprint density at radius 3 is 3.05 bits per heavy atom. The monoisotopic (exact) mass is 342 g/mol. The molecule has 1 saturated heterocycles. The maximum atomic E-state index is 10.9. The second kappa shape index (κ2) is 7.15. The lowest BCUT2D eigenvalue weighted by atomic mass is 10.1. The predicted molar refractivity (Wildman–Crippen MR) is 80.7 cm³/mol. The molecule has 1 aromatic rings. The fourth-order valence-corrected chi connectivity index (χ4v) is 2.92. The Balaban J connectivity index is 1.94. The number of nitro benzene ring substituents is 1. The minimum absolute atomic E-state index is 0.132. The van der Waals surface area contributed by atoms with Crippen LogP contribution in [0.1, 0.15) is 18.9 Å². The molecule has 0 radical (unpaired) electrons. The molecule has 1 aliphatic heterocycles. The van der Waals surface area contributed by atoms with Crippen molar-refractivity contribution in [3.63, 3.8) is 0 Å². The van der Waals surface area contributed by atoms with Crippen molar-refractivity contribution in [2.45, 2.75) is 19.9 Å². The smallest absolute Gasteiger partial charge is 0.283 e. The third-order valence-corrected chi connectivity index (χ3v) is 4.21. The van der Waals surface area contributed by atoms with Crippen LogP contribution in [0.25, 0.3) is 0 Å². The molecular formula is C14H19BrN2O3. The summed E-state index contributed by atoms with van der Waals surface area (Å²) >= 11 is 3.21. The molecule has 2 rings (SSSR count). The van der Waals surface area contributed by atoms with Gasteiger partial charge in [-0.1, -0.05) is 6.07 Å². The zero-order valence-corrected chi connectivity index (χ0v) is 13.1. The van der Waals surface area contributed by atoms with E-state index < -0.39 is 0 Å². The summed E-state index contributed by atoms with van der Waals surface area (Å²) in [5.41, 5.74) is 1.12. The minimum atomic E-state index is -0.352. The van der Waals surface area contributed by atoms with Gasteiger partial charge in [-0.05, 0) is 53.4 Å². The molecule has 0 saturated carbocycles. The summed E-state index contributed by atoms with van der Waals surface area (Å²) in [6, 6.07) is 5.34. The highest BCUT2D eigenvalue weighted by Gasteiger charge is 2.23. The number of likely N-dealkylation sites (tertiary alicyclic amines) is 1. The topological polar surface area (TPSA) is 55.6 Å². The average Bonchev–Trinajstić information content (AvgIpc) is 2.86. The van der Waals surface area contributed by atoms with Gasteiger partial charge in [0.25, 0.3) is 5.69 Å². The zero-order chi connectivity index (χ0) is 14.5. The molecular weight excluding hydrogens is 324 g/mol. The Hall–Kier alpha value is -0.980. The van der Waals surface area contributed by atoms with Crippen molar-refractivity contribution < 1.29 is 9.66 Å². The minimum Gasteiger partial charge on any atom is -0.381 e. The van der Waals surface area contributed by atoms with Gasteiger partial charge >= 0.3 is 0 Å². The van der Waals surface area contributed by atoms with Crippen LogP contribution in [-0.4, -0.2) is 36.1 Å². The third-order valence-electron chi connectivity index (χ3n) is 3.54. The largest absolute Gasteiger partial charge is 0.381 e. The molecule has 110 valence electrons. The first-order valence-electron chi connectivity index (χ1n) is 6.83. The van der Waals surface area contributed by atoms with E-state index in [0.717, 1.165) is 44.8 Å². The third kappa shape index (κ3) is 4.01. The number of nitro groups is 1. The van der Waals surface area contributed by atoms with Gasteiger partial charge in [-0.3, -0.25) is 15.0 Å². The van der Waals surface area contributed by atoms with E-state index in [9.17, 15) is 10.1 Å². The van der Waals surface area contributed by atoms with Gasteiger partial charge in [-0.15, -0.1) is 0 Å². The highest BCUT2D eigenvalue weighted by molar-refractivity contribution is 9.10. The summed E-state index contributed by atoms with van der Waals surface area (Å²) < 4.78 is 5.99. The van der Waals surface area contributed by atoms with E-state index in [1.54, 1.807) is 12.1 Å². The molecule has 1 atom stereocenters. The van der Waals surface area contributed by atoms with E-state index in [1.807, 2.05) is 13.0 Å². The Kier molecular flexibility index (Phi) is 5.51. The predicted octanol–water partition coefficient (Wildman–Crippen LogP) is 3.22. The number of nitrogens with zero attached hydrogens (tertiary/aromatic N) is 2.